The van der Waals surface area contributed by atoms with Crippen molar-refractivity contribution in [3.63, 3.8) is 0 Å². The second-order valence-electron chi connectivity index (χ2n) is 8.26. The third-order valence-corrected chi connectivity index (χ3v) is 7.28. The fourth-order valence-corrected chi connectivity index (χ4v) is 4.70. The molecule has 33 heavy (non-hydrogen) atoms. The van der Waals surface area contributed by atoms with Crippen LogP contribution in [0.4, 0.5) is 0 Å². The number of halogens is 3. The summed E-state index contributed by atoms with van der Waals surface area (Å²) in [4.78, 5) is 5.91. The second kappa shape index (κ2) is 9.73. The minimum Gasteiger partial charge on any atom is -0.384 e. The van der Waals surface area contributed by atoms with Gasteiger partial charge in [-0.2, -0.15) is 0 Å². The van der Waals surface area contributed by atoms with Crippen LogP contribution >= 0.6 is 46.6 Å². The first kappa shape index (κ1) is 24.2. The number of imidazole rings is 1. The molecular weight excluding hydrogens is 495 g/mol. The van der Waals surface area contributed by atoms with Gasteiger partial charge in [-0.15, -0.1) is 11.8 Å². The molecule has 1 heterocycles. The molecule has 0 fully saturated rings. The molecule has 0 radical (unpaired) electrons. The van der Waals surface area contributed by atoms with E-state index in [4.69, 9.17) is 39.8 Å². The van der Waals surface area contributed by atoms with Crippen molar-refractivity contribution in [3.05, 3.63) is 99.0 Å². The predicted molar refractivity (Wildman–Crippen MR) is 140 cm³/mol. The van der Waals surface area contributed by atoms with Crippen molar-refractivity contribution in [1.82, 2.24) is 9.55 Å². The van der Waals surface area contributed by atoms with Gasteiger partial charge in [0, 0.05) is 17.5 Å². The summed E-state index contributed by atoms with van der Waals surface area (Å²) in [6, 6.07) is 19.8. The first-order valence-corrected chi connectivity index (χ1v) is 12.7. The Kier molecular flexibility index (Phi) is 7.13. The molecule has 170 valence electrons. The van der Waals surface area contributed by atoms with Crippen molar-refractivity contribution in [2.45, 2.75) is 30.8 Å². The summed E-state index contributed by atoms with van der Waals surface area (Å²) < 4.78 is 1.91. The van der Waals surface area contributed by atoms with Crippen molar-refractivity contribution in [2.24, 2.45) is 0 Å². The van der Waals surface area contributed by atoms with Crippen LogP contribution < -0.4 is 0 Å². The molecule has 4 rings (SSSR count). The highest BCUT2D eigenvalue weighted by Crippen LogP contribution is 2.33. The Hall–Kier alpha value is -1.95. The molecular formula is C26H23Cl3N2OS. The molecule has 1 N–H and O–H groups in total. The highest BCUT2D eigenvalue weighted by atomic mass is 35.5. The van der Waals surface area contributed by atoms with Gasteiger partial charge in [-0.25, -0.2) is 4.98 Å². The molecule has 0 saturated heterocycles. The maximum absolute atomic E-state index is 10.6. The zero-order valence-electron chi connectivity index (χ0n) is 18.4. The van der Waals surface area contributed by atoms with Crippen LogP contribution in [0.3, 0.4) is 0 Å². The SMILES string of the molecule is CSc1cccc(-c2ccc(-n3cc(C(C)(C)O)nc3Cc3cccc(Cl)c3Cl)c(Cl)c2)c1. The van der Waals surface area contributed by atoms with Crippen LogP contribution in [0.25, 0.3) is 16.8 Å². The van der Waals surface area contributed by atoms with E-state index < -0.39 is 5.60 Å². The van der Waals surface area contributed by atoms with E-state index >= 15 is 0 Å². The quantitative estimate of drug-likeness (QED) is 0.263. The molecule has 3 aromatic carbocycles. The van der Waals surface area contributed by atoms with Crippen LogP contribution in [0.5, 0.6) is 0 Å². The fraction of sp³-hybridized carbons (Fsp3) is 0.192. The molecule has 0 saturated carbocycles. The highest BCUT2D eigenvalue weighted by Gasteiger charge is 2.23. The average molecular weight is 518 g/mol. The van der Waals surface area contributed by atoms with E-state index in [-0.39, 0.29) is 0 Å². The number of hydrogen-bond acceptors (Lipinski definition) is 3. The van der Waals surface area contributed by atoms with Crippen molar-refractivity contribution in [1.29, 1.82) is 0 Å². The number of thioether (sulfide) groups is 1. The second-order valence-corrected chi connectivity index (χ2v) is 10.3. The lowest BCUT2D eigenvalue weighted by Crippen LogP contribution is -2.15. The minimum absolute atomic E-state index is 0.434. The predicted octanol–water partition coefficient (Wildman–Crippen LogP) is 8.04. The van der Waals surface area contributed by atoms with Crippen LogP contribution in [0, 0.1) is 0 Å². The van der Waals surface area contributed by atoms with Crippen molar-refractivity contribution in [3.8, 4) is 16.8 Å². The van der Waals surface area contributed by atoms with Crippen molar-refractivity contribution in [2.75, 3.05) is 6.26 Å². The first-order valence-electron chi connectivity index (χ1n) is 10.4. The van der Waals surface area contributed by atoms with E-state index in [0.29, 0.717) is 33.0 Å². The monoisotopic (exact) mass is 516 g/mol. The summed E-state index contributed by atoms with van der Waals surface area (Å²) in [5.74, 6) is 0.704. The van der Waals surface area contributed by atoms with Gasteiger partial charge < -0.3 is 9.67 Å². The standard InChI is InChI=1S/C26H23Cl3N2OS/c1-26(2,32)23-15-31(24(30-23)14-18-7-5-9-20(27)25(18)29)22-11-10-17(13-21(22)28)16-6-4-8-19(12-16)33-3/h4-13,15,32H,14H2,1-3H3. The molecule has 0 aliphatic heterocycles. The van der Waals surface area contributed by atoms with E-state index in [1.165, 1.54) is 4.90 Å². The summed E-state index contributed by atoms with van der Waals surface area (Å²) in [7, 11) is 0. The zero-order chi connectivity index (χ0) is 23.8. The van der Waals surface area contributed by atoms with Crippen LogP contribution in [0.15, 0.2) is 71.8 Å². The van der Waals surface area contributed by atoms with Gasteiger partial charge in [0.25, 0.3) is 0 Å². The molecule has 1 aromatic heterocycles. The molecule has 0 bridgehead atoms. The average Bonchev–Trinajstić information content (AvgIpc) is 3.21. The summed E-state index contributed by atoms with van der Waals surface area (Å²) in [5.41, 5.74) is 3.19. The topological polar surface area (TPSA) is 38.0 Å². The smallest absolute Gasteiger partial charge is 0.118 e. The molecule has 0 amide bonds. The van der Waals surface area contributed by atoms with Gasteiger partial charge in [0.15, 0.2) is 0 Å². The van der Waals surface area contributed by atoms with Gasteiger partial charge in [0.05, 0.1) is 26.4 Å². The Balaban J connectivity index is 1.79. The molecule has 0 aliphatic rings. The maximum atomic E-state index is 10.6. The lowest BCUT2D eigenvalue weighted by molar-refractivity contribution is 0.0741. The van der Waals surface area contributed by atoms with E-state index in [1.807, 2.05) is 47.2 Å². The largest absolute Gasteiger partial charge is 0.384 e. The lowest BCUT2D eigenvalue weighted by atomic mass is 10.1. The Morgan fingerprint density at radius 1 is 0.939 bits per heavy atom. The number of aromatic nitrogens is 2. The van der Waals surface area contributed by atoms with Crippen molar-refractivity contribution >= 4 is 46.6 Å². The van der Waals surface area contributed by atoms with Gasteiger partial charge in [-0.3, -0.25) is 0 Å². The molecule has 0 spiro atoms. The normalized spacial score (nSPS) is 11.7. The number of nitrogens with zero attached hydrogens (tertiary/aromatic N) is 2. The van der Waals surface area contributed by atoms with Gasteiger partial charge in [-0.1, -0.05) is 65.1 Å². The van der Waals surface area contributed by atoms with Gasteiger partial charge in [0.2, 0.25) is 0 Å². The summed E-state index contributed by atoms with van der Waals surface area (Å²) >= 11 is 21.1. The summed E-state index contributed by atoms with van der Waals surface area (Å²) in [6.07, 6.45) is 4.31. The number of benzene rings is 3. The maximum Gasteiger partial charge on any atom is 0.118 e. The minimum atomic E-state index is -1.11. The Bertz CT molecular complexity index is 1310. The molecule has 0 unspecified atom stereocenters. The third kappa shape index (κ3) is 5.26. The zero-order valence-corrected chi connectivity index (χ0v) is 21.5. The van der Waals surface area contributed by atoms with E-state index in [2.05, 4.69) is 24.5 Å². The van der Waals surface area contributed by atoms with E-state index in [0.717, 1.165) is 22.4 Å². The van der Waals surface area contributed by atoms with Gasteiger partial charge in [-0.05, 0) is 67.1 Å². The van der Waals surface area contributed by atoms with Crippen LogP contribution in [-0.2, 0) is 12.0 Å². The van der Waals surface area contributed by atoms with Crippen LogP contribution in [0.1, 0.15) is 30.9 Å². The number of rotatable bonds is 6. The molecule has 4 aromatic rings. The molecule has 0 aliphatic carbocycles. The van der Waals surface area contributed by atoms with Crippen molar-refractivity contribution < 1.29 is 5.11 Å². The number of aliphatic hydroxyl groups is 1. The molecule has 0 atom stereocenters. The Morgan fingerprint density at radius 2 is 1.67 bits per heavy atom. The van der Waals surface area contributed by atoms with Gasteiger partial charge in [0.1, 0.15) is 11.4 Å². The molecule has 3 nitrogen and oxygen atoms in total. The Morgan fingerprint density at radius 3 is 2.36 bits per heavy atom. The van der Waals surface area contributed by atoms with Gasteiger partial charge >= 0.3 is 0 Å². The lowest BCUT2D eigenvalue weighted by Gasteiger charge is -2.13. The van der Waals surface area contributed by atoms with E-state index in [9.17, 15) is 5.11 Å². The third-order valence-electron chi connectivity index (χ3n) is 5.40. The highest BCUT2D eigenvalue weighted by molar-refractivity contribution is 7.98. The fourth-order valence-electron chi connectivity index (χ4n) is 3.59. The first-order chi connectivity index (χ1) is 15.7. The summed E-state index contributed by atoms with van der Waals surface area (Å²) in [5, 5.41) is 12.2. The summed E-state index contributed by atoms with van der Waals surface area (Å²) in [6.45, 7) is 3.42. The molecule has 7 heteroatoms. The Labute approximate surface area is 213 Å². The number of hydrogen-bond donors (Lipinski definition) is 1. The van der Waals surface area contributed by atoms with Crippen LogP contribution in [-0.4, -0.2) is 20.9 Å². The van der Waals surface area contributed by atoms with E-state index in [1.54, 1.807) is 31.7 Å². The van der Waals surface area contributed by atoms with Crippen LogP contribution in [0.2, 0.25) is 15.1 Å².